The summed E-state index contributed by atoms with van der Waals surface area (Å²) in [5, 5.41) is 9.94. The normalized spacial score (nSPS) is 11.2. The molecule has 0 bridgehead atoms. The van der Waals surface area contributed by atoms with Crippen molar-refractivity contribution < 1.29 is 24.2 Å². The average molecular weight is 341 g/mol. The van der Waals surface area contributed by atoms with Gasteiger partial charge in [-0.2, -0.15) is 0 Å². The van der Waals surface area contributed by atoms with Gasteiger partial charge in [0.2, 0.25) is 0 Å². The van der Waals surface area contributed by atoms with Gasteiger partial charge < -0.3 is 14.6 Å². The lowest BCUT2D eigenvalue weighted by atomic mass is 10.1. The number of carbonyl (C=O) groups excluding carboxylic acids is 1. The molecule has 2 aromatic carbocycles. The molecule has 0 aliphatic heterocycles. The molecule has 2 rings (SSSR count). The summed E-state index contributed by atoms with van der Waals surface area (Å²) in [5.74, 6) is 2.76. The minimum absolute atomic E-state index is 0.0963. The maximum Gasteiger partial charge on any atom is 0.276 e. The smallest absolute Gasteiger partial charge is 0.276 e. The maximum atomic E-state index is 11.9. The molecule has 2 N–H and O–H groups in total. The van der Waals surface area contributed by atoms with Crippen LogP contribution in [0.25, 0.3) is 0 Å². The molecule has 0 aliphatic carbocycles. The summed E-state index contributed by atoms with van der Waals surface area (Å²) >= 11 is 0. The zero-order valence-electron chi connectivity index (χ0n) is 13.8. The maximum absolute atomic E-state index is 11.9. The van der Waals surface area contributed by atoms with Crippen LogP contribution in [0.5, 0.6) is 11.5 Å². The van der Waals surface area contributed by atoms with Gasteiger partial charge in [-0.05, 0) is 23.3 Å². The van der Waals surface area contributed by atoms with Crippen molar-refractivity contribution >= 4 is 5.91 Å². The van der Waals surface area contributed by atoms with E-state index < -0.39 is 12.0 Å². The first-order valence-electron chi connectivity index (χ1n) is 7.53. The number of ether oxygens (including phenoxy) is 2. The van der Waals surface area contributed by atoms with Crippen LogP contribution >= 0.6 is 0 Å². The van der Waals surface area contributed by atoms with Gasteiger partial charge >= 0.3 is 0 Å². The second-order valence-corrected chi connectivity index (χ2v) is 5.05. The van der Waals surface area contributed by atoms with Crippen molar-refractivity contribution in [2.75, 3.05) is 13.7 Å². The quantitative estimate of drug-likeness (QED) is 0.567. The van der Waals surface area contributed by atoms with Gasteiger partial charge in [-0.1, -0.05) is 42.3 Å². The second-order valence-electron chi connectivity index (χ2n) is 5.05. The molecular weight excluding hydrogens is 322 g/mol. The molecular formula is C19H19NO5. The molecule has 0 fully saturated rings. The minimum atomic E-state index is -1.30. The zero-order valence-corrected chi connectivity index (χ0v) is 13.8. The van der Waals surface area contributed by atoms with Gasteiger partial charge in [-0.15, -0.1) is 6.42 Å². The number of carbonyl (C=O) groups is 1. The molecule has 25 heavy (non-hydrogen) atoms. The number of hydrogen-bond donors (Lipinski definition) is 2. The van der Waals surface area contributed by atoms with Crippen LogP contribution in [-0.2, 0) is 16.2 Å². The number of aliphatic hydroxyl groups is 1. The molecule has 0 radical (unpaired) electrons. The lowest BCUT2D eigenvalue weighted by Gasteiger charge is -2.13. The fourth-order valence-corrected chi connectivity index (χ4v) is 2.07. The van der Waals surface area contributed by atoms with E-state index in [0.717, 1.165) is 5.56 Å². The summed E-state index contributed by atoms with van der Waals surface area (Å²) in [6.45, 7) is 0.235. The zero-order chi connectivity index (χ0) is 18.1. The van der Waals surface area contributed by atoms with Crippen LogP contribution in [0, 0.1) is 12.3 Å². The molecule has 1 atom stereocenters. The number of hydroxylamine groups is 1. The van der Waals surface area contributed by atoms with E-state index in [4.69, 9.17) is 20.7 Å². The second kappa shape index (κ2) is 9.33. The Balaban J connectivity index is 1.89. The van der Waals surface area contributed by atoms with Crippen molar-refractivity contribution in [2.24, 2.45) is 0 Å². The van der Waals surface area contributed by atoms with Gasteiger partial charge in [0.05, 0.1) is 13.7 Å². The average Bonchev–Trinajstić information content (AvgIpc) is 2.66. The molecule has 0 aliphatic rings. The Kier molecular flexibility index (Phi) is 6.84. The Morgan fingerprint density at radius 1 is 1.24 bits per heavy atom. The molecule has 130 valence electrons. The number of amides is 1. The largest absolute Gasteiger partial charge is 0.493 e. The Morgan fingerprint density at radius 3 is 2.68 bits per heavy atom. The molecule has 0 spiro atoms. The fourth-order valence-electron chi connectivity index (χ4n) is 2.07. The van der Waals surface area contributed by atoms with Gasteiger partial charge in [-0.3, -0.25) is 9.63 Å². The fraction of sp³-hybridized carbons (Fsp3) is 0.211. The number of nitrogens with one attached hydrogen (secondary N) is 1. The third-order valence-corrected chi connectivity index (χ3v) is 3.31. The van der Waals surface area contributed by atoms with E-state index in [-0.39, 0.29) is 13.2 Å². The number of aliphatic hydroxyl groups excluding tert-OH is 1. The monoisotopic (exact) mass is 341 g/mol. The molecule has 6 nitrogen and oxygen atoms in total. The van der Waals surface area contributed by atoms with Crippen molar-refractivity contribution in [3.8, 4) is 23.8 Å². The Labute approximate surface area is 146 Å². The molecule has 1 unspecified atom stereocenters. The highest BCUT2D eigenvalue weighted by Crippen LogP contribution is 2.28. The Bertz CT molecular complexity index is 739. The van der Waals surface area contributed by atoms with E-state index in [0.29, 0.717) is 17.1 Å². The van der Waals surface area contributed by atoms with Crippen molar-refractivity contribution in [2.45, 2.75) is 12.7 Å². The first kappa shape index (κ1) is 18.3. The van der Waals surface area contributed by atoms with Gasteiger partial charge in [0.1, 0.15) is 6.61 Å². The summed E-state index contributed by atoms with van der Waals surface area (Å²) in [4.78, 5) is 17.0. The van der Waals surface area contributed by atoms with E-state index in [9.17, 15) is 9.90 Å². The highest BCUT2D eigenvalue weighted by atomic mass is 16.7. The first-order valence-corrected chi connectivity index (χ1v) is 7.53. The van der Waals surface area contributed by atoms with E-state index in [1.54, 1.807) is 48.5 Å². The van der Waals surface area contributed by atoms with Gasteiger partial charge in [0, 0.05) is 0 Å². The Morgan fingerprint density at radius 2 is 2.00 bits per heavy atom. The van der Waals surface area contributed by atoms with Crippen molar-refractivity contribution in [3.05, 3.63) is 59.7 Å². The van der Waals surface area contributed by atoms with Crippen LogP contribution in [0.2, 0.25) is 0 Å². The van der Waals surface area contributed by atoms with E-state index in [1.165, 1.54) is 7.11 Å². The Hall–Kier alpha value is -3.01. The van der Waals surface area contributed by atoms with Crippen molar-refractivity contribution in [3.63, 3.8) is 0 Å². The molecule has 6 heteroatoms. The molecule has 0 saturated heterocycles. The van der Waals surface area contributed by atoms with Crippen molar-refractivity contribution in [1.82, 2.24) is 5.48 Å². The van der Waals surface area contributed by atoms with Gasteiger partial charge in [0.15, 0.2) is 17.6 Å². The predicted octanol–water partition coefficient (Wildman–Crippen LogP) is 1.99. The lowest BCUT2D eigenvalue weighted by Crippen LogP contribution is -2.29. The lowest BCUT2D eigenvalue weighted by molar-refractivity contribution is -0.143. The van der Waals surface area contributed by atoms with Crippen LogP contribution in [0.1, 0.15) is 17.2 Å². The number of hydrogen-bond acceptors (Lipinski definition) is 5. The summed E-state index contributed by atoms with van der Waals surface area (Å²) < 4.78 is 10.6. The number of benzene rings is 2. The number of methoxy groups -OCH3 is 1. The molecule has 1 amide bonds. The molecule has 0 heterocycles. The van der Waals surface area contributed by atoms with Gasteiger partial charge in [0.25, 0.3) is 5.91 Å². The van der Waals surface area contributed by atoms with Crippen LogP contribution in [0.3, 0.4) is 0 Å². The highest BCUT2D eigenvalue weighted by molar-refractivity contribution is 5.80. The third-order valence-electron chi connectivity index (χ3n) is 3.31. The SMILES string of the molecule is C#CCOc1ccc(CONC(=O)C(O)c2ccccc2)cc1OC. The van der Waals surface area contributed by atoms with E-state index >= 15 is 0 Å². The molecule has 0 aromatic heterocycles. The van der Waals surface area contributed by atoms with Crippen LogP contribution in [-0.4, -0.2) is 24.7 Å². The van der Waals surface area contributed by atoms with Crippen LogP contribution < -0.4 is 15.0 Å². The van der Waals surface area contributed by atoms with Crippen molar-refractivity contribution in [1.29, 1.82) is 0 Å². The summed E-state index contributed by atoms with van der Waals surface area (Å²) in [6.07, 6.45) is 3.87. The molecule has 0 saturated carbocycles. The standard InChI is InChI=1S/C19H19NO5/c1-3-11-24-16-10-9-14(12-17(16)23-2)13-25-20-19(22)18(21)15-7-5-4-6-8-15/h1,4-10,12,18,21H,11,13H2,2H3,(H,20,22). The predicted molar refractivity (Wildman–Crippen MR) is 91.7 cm³/mol. The first-order chi connectivity index (χ1) is 12.2. The number of rotatable bonds is 8. The van der Waals surface area contributed by atoms with Gasteiger partial charge in [-0.25, -0.2) is 5.48 Å². The van der Waals surface area contributed by atoms with E-state index in [2.05, 4.69) is 11.4 Å². The number of terminal acetylenes is 1. The summed E-state index contributed by atoms with van der Waals surface area (Å²) in [5.41, 5.74) is 3.46. The summed E-state index contributed by atoms with van der Waals surface area (Å²) in [7, 11) is 1.51. The minimum Gasteiger partial charge on any atom is -0.493 e. The third kappa shape index (κ3) is 5.24. The van der Waals surface area contributed by atoms with Crippen LogP contribution in [0.4, 0.5) is 0 Å². The topological polar surface area (TPSA) is 77.0 Å². The van der Waals surface area contributed by atoms with E-state index in [1.807, 2.05) is 0 Å². The highest BCUT2D eigenvalue weighted by Gasteiger charge is 2.17. The molecule has 2 aromatic rings. The summed E-state index contributed by atoms with van der Waals surface area (Å²) in [6, 6.07) is 13.8. The van der Waals surface area contributed by atoms with Crippen LogP contribution in [0.15, 0.2) is 48.5 Å².